The fourth-order valence-corrected chi connectivity index (χ4v) is 3.22. The molecular weight excluding hydrogens is 356 g/mol. The number of sulfonamides is 1. The van der Waals surface area contributed by atoms with Crippen LogP contribution in [0.1, 0.15) is 10.4 Å². The maximum absolute atomic E-state index is 12.0. The number of hydrogen-bond donors (Lipinski definition) is 3. The zero-order chi connectivity index (χ0) is 18.0. The lowest BCUT2D eigenvalue weighted by Gasteiger charge is -2.08. The molecule has 3 N–H and O–H groups in total. The third kappa shape index (κ3) is 7.30. The van der Waals surface area contributed by atoms with Gasteiger partial charge in [-0.3, -0.25) is 9.59 Å². The maximum atomic E-state index is 12.0. The molecule has 0 atom stereocenters. The molecule has 0 heterocycles. The predicted octanol–water partition coefficient (Wildman–Crippen LogP) is 0.159. The molecule has 0 saturated carbocycles. The molecule has 0 aliphatic carbocycles. The number of ether oxygens (including phenoxy) is 1. The van der Waals surface area contributed by atoms with Gasteiger partial charge < -0.3 is 15.2 Å². The molecule has 1 rings (SSSR count). The van der Waals surface area contributed by atoms with Crippen molar-refractivity contribution in [2.75, 3.05) is 38.3 Å². The average Bonchev–Trinajstić information content (AvgIpc) is 2.54. The van der Waals surface area contributed by atoms with Gasteiger partial charge >= 0.3 is 5.97 Å². The van der Waals surface area contributed by atoms with Crippen LogP contribution in [0.4, 0.5) is 0 Å². The van der Waals surface area contributed by atoms with Crippen LogP contribution in [0.2, 0.25) is 0 Å². The molecule has 0 unspecified atom stereocenters. The van der Waals surface area contributed by atoms with E-state index in [1.165, 1.54) is 43.1 Å². The molecule has 1 aromatic rings. The second-order valence-electron chi connectivity index (χ2n) is 4.62. The first-order valence-corrected chi connectivity index (χ1v) is 9.67. The fourth-order valence-electron chi connectivity index (χ4n) is 1.65. The highest BCUT2D eigenvalue weighted by Crippen LogP contribution is 2.10. The van der Waals surface area contributed by atoms with E-state index in [4.69, 9.17) is 9.84 Å². The van der Waals surface area contributed by atoms with Crippen molar-refractivity contribution in [3.8, 4) is 0 Å². The molecule has 24 heavy (non-hydrogen) atoms. The summed E-state index contributed by atoms with van der Waals surface area (Å²) in [6, 6.07) is 5.54. The van der Waals surface area contributed by atoms with Crippen molar-refractivity contribution in [1.29, 1.82) is 0 Å². The van der Waals surface area contributed by atoms with Crippen LogP contribution in [0.3, 0.4) is 0 Å². The van der Waals surface area contributed by atoms with Crippen molar-refractivity contribution in [3.63, 3.8) is 0 Å². The predicted molar refractivity (Wildman–Crippen MR) is 90.8 cm³/mol. The molecule has 8 nitrogen and oxygen atoms in total. The van der Waals surface area contributed by atoms with Crippen LogP contribution in [0.15, 0.2) is 29.2 Å². The number of carbonyl (C=O) groups is 2. The molecule has 0 radical (unpaired) electrons. The van der Waals surface area contributed by atoms with Crippen molar-refractivity contribution < 1.29 is 27.9 Å². The van der Waals surface area contributed by atoms with Crippen LogP contribution >= 0.6 is 11.8 Å². The number of benzene rings is 1. The van der Waals surface area contributed by atoms with Crippen LogP contribution in [0.5, 0.6) is 0 Å². The summed E-state index contributed by atoms with van der Waals surface area (Å²) < 4.78 is 31.1. The van der Waals surface area contributed by atoms with Gasteiger partial charge in [-0.05, 0) is 24.3 Å². The molecule has 0 fully saturated rings. The fraction of sp³-hybridized carbons (Fsp3) is 0.429. The number of carbonyl (C=O) groups excluding carboxylic acids is 1. The summed E-state index contributed by atoms with van der Waals surface area (Å²) in [5.41, 5.74) is 0.328. The minimum Gasteiger partial charge on any atom is -0.481 e. The normalized spacial score (nSPS) is 11.2. The molecule has 0 aliphatic rings. The third-order valence-corrected chi connectivity index (χ3v) is 5.20. The number of hydrogen-bond acceptors (Lipinski definition) is 6. The van der Waals surface area contributed by atoms with E-state index in [2.05, 4.69) is 10.0 Å². The van der Waals surface area contributed by atoms with E-state index in [1.807, 2.05) is 0 Å². The zero-order valence-electron chi connectivity index (χ0n) is 13.1. The SMILES string of the molecule is COCCNS(=O)(=O)c1ccc(C(=O)NCCSCC(=O)O)cc1. The summed E-state index contributed by atoms with van der Waals surface area (Å²) in [4.78, 5) is 22.3. The highest BCUT2D eigenvalue weighted by atomic mass is 32.2. The van der Waals surface area contributed by atoms with E-state index < -0.39 is 16.0 Å². The van der Waals surface area contributed by atoms with E-state index in [1.54, 1.807) is 0 Å². The minimum atomic E-state index is -3.63. The first-order valence-electron chi connectivity index (χ1n) is 7.03. The molecule has 1 aromatic carbocycles. The molecule has 10 heteroatoms. The Labute approximate surface area is 145 Å². The first kappa shape index (κ1) is 20.4. The van der Waals surface area contributed by atoms with Crippen molar-refractivity contribution in [2.45, 2.75) is 4.90 Å². The Morgan fingerprint density at radius 2 is 1.88 bits per heavy atom. The van der Waals surface area contributed by atoms with Gasteiger partial charge in [0.2, 0.25) is 10.0 Å². The first-order chi connectivity index (χ1) is 11.4. The number of nitrogens with one attached hydrogen (secondary N) is 2. The maximum Gasteiger partial charge on any atom is 0.313 e. The number of carboxylic acids is 1. The van der Waals surface area contributed by atoms with E-state index in [0.717, 1.165) is 0 Å². The standard InChI is InChI=1S/C14H20N2O6S2/c1-22-8-6-16-24(20,21)12-4-2-11(3-5-12)14(19)15-7-9-23-10-13(17)18/h2-5,16H,6-10H2,1H3,(H,15,19)(H,17,18). The lowest BCUT2D eigenvalue weighted by atomic mass is 10.2. The number of amides is 1. The van der Waals surface area contributed by atoms with Crippen LogP contribution in [0, 0.1) is 0 Å². The Hall–Kier alpha value is -1.62. The zero-order valence-corrected chi connectivity index (χ0v) is 14.8. The highest BCUT2D eigenvalue weighted by Gasteiger charge is 2.14. The average molecular weight is 376 g/mol. The van der Waals surface area contributed by atoms with Crippen LogP contribution in [0.25, 0.3) is 0 Å². The Morgan fingerprint density at radius 3 is 2.46 bits per heavy atom. The van der Waals surface area contributed by atoms with Crippen LogP contribution < -0.4 is 10.0 Å². The monoisotopic (exact) mass is 376 g/mol. The van der Waals surface area contributed by atoms with Gasteiger partial charge in [0, 0.05) is 31.5 Å². The topological polar surface area (TPSA) is 122 Å². The Bertz CT molecular complexity index is 646. The lowest BCUT2D eigenvalue weighted by molar-refractivity contribution is -0.133. The molecule has 0 aromatic heterocycles. The molecule has 0 saturated heterocycles. The second kappa shape index (κ2) is 10.3. The van der Waals surface area contributed by atoms with Gasteiger partial charge in [-0.2, -0.15) is 0 Å². The van der Waals surface area contributed by atoms with Crippen molar-refractivity contribution in [1.82, 2.24) is 10.0 Å². The molecular formula is C14H20N2O6S2. The smallest absolute Gasteiger partial charge is 0.313 e. The van der Waals surface area contributed by atoms with Gasteiger partial charge in [-0.15, -0.1) is 11.8 Å². The summed E-state index contributed by atoms with van der Waals surface area (Å²) >= 11 is 1.20. The second-order valence-corrected chi connectivity index (χ2v) is 7.49. The Balaban J connectivity index is 2.51. The van der Waals surface area contributed by atoms with E-state index in [-0.39, 0.29) is 29.7 Å². The van der Waals surface area contributed by atoms with E-state index >= 15 is 0 Å². The van der Waals surface area contributed by atoms with Crippen molar-refractivity contribution in [3.05, 3.63) is 29.8 Å². The van der Waals surface area contributed by atoms with Gasteiger partial charge in [0.1, 0.15) is 0 Å². The van der Waals surface area contributed by atoms with E-state index in [9.17, 15) is 18.0 Å². The molecule has 0 bridgehead atoms. The summed E-state index contributed by atoms with van der Waals surface area (Å²) in [5, 5.41) is 11.1. The van der Waals surface area contributed by atoms with Crippen molar-refractivity contribution in [2.24, 2.45) is 0 Å². The van der Waals surface area contributed by atoms with Crippen LogP contribution in [-0.2, 0) is 19.6 Å². The van der Waals surface area contributed by atoms with Gasteiger partial charge in [0.25, 0.3) is 5.91 Å². The highest BCUT2D eigenvalue weighted by molar-refractivity contribution is 7.99. The molecule has 1 amide bonds. The largest absolute Gasteiger partial charge is 0.481 e. The van der Waals surface area contributed by atoms with Gasteiger partial charge in [-0.1, -0.05) is 0 Å². The molecule has 0 spiro atoms. The lowest BCUT2D eigenvalue weighted by Crippen LogP contribution is -2.28. The number of thioether (sulfide) groups is 1. The van der Waals surface area contributed by atoms with Gasteiger partial charge in [0.05, 0.1) is 17.3 Å². The summed E-state index contributed by atoms with van der Waals surface area (Å²) in [6.45, 7) is 0.754. The summed E-state index contributed by atoms with van der Waals surface area (Å²) in [6.07, 6.45) is 0. The number of aliphatic carboxylic acids is 1. The Kier molecular flexibility index (Phi) is 8.76. The number of rotatable bonds is 11. The number of carboxylic acid groups (broad SMARTS) is 1. The quantitative estimate of drug-likeness (QED) is 0.470. The van der Waals surface area contributed by atoms with Crippen molar-refractivity contribution >= 4 is 33.7 Å². The van der Waals surface area contributed by atoms with Crippen LogP contribution in [-0.4, -0.2) is 63.7 Å². The summed E-state index contributed by atoms with van der Waals surface area (Å²) in [5.74, 6) is -0.781. The summed E-state index contributed by atoms with van der Waals surface area (Å²) in [7, 11) is -2.15. The number of methoxy groups -OCH3 is 1. The Morgan fingerprint density at radius 1 is 1.21 bits per heavy atom. The van der Waals surface area contributed by atoms with E-state index in [0.29, 0.717) is 17.9 Å². The molecule has 0 aliphatic heterocycles. The third-order valence-electron chi connectivity index (χ3n) is 2.78. The van der Waals surface area contributed by atoms with Gasteiger partial charge in [0.15, 0.2) is 0 Å². The minimum absolute atomic E-state index is 0.0154. The molecule has 134 valence electrons. The van der Waals surface area contributed by atoms with Gasteiger partial charge in [-0.25, -0.2) is 13.1 Å².